The summed E-state index contributed by atoms with van der Waals surface area (Å²) in [6.45, 7) is 13.7. The number of guanidine groups is 1. The van der Waals surface area contributed by atoms with Crippen molar-refractivity contribution in [1.82, 2.24) is 20.5 Å². The fourth-order valence-corrected chi connectivity index (χ4v) is 3.17. The standard InChI is InChI=1S/C21H35N5/c1-5-22-21(24-17(4)11-10-14-26(6-2)7-3)23-16-19-15-18-12-8-9-13-20(18)25-19/h8-9,12-13,15,17,25H,5-7,10-11,14,16H2,1-4H3,(H2,22,23,24). The van der Waals surface area contributed by atoms with Gasteiger partial charge in [0.15, 0.2) is 5.96 Å². The lowest BCUT2D eigenvalue weighted by atomic mass is 10.2. The van der Waals surface area contributed by atoms with Crippen molar-refractivity contribution >= 4 is 16.9 Å². The predicted molar refractivity (Wildman–Crippen MR) is 113 cm³/mol. The maximum Gasteiger partial charge on any atom is 0.191 e. The van der Waals surface area contributed by atoms with Crippen molar-refractivity contribution in [2.75, 3.05) is 26.2 Å². The molecule has 0 radical (unpaired) electrons. The summed E-state index contributed by atoms with van der Waals surface area (Å²) in [6, 6.07) is 10.9. The molecule has 1 atom stereocenters. The Kier molecular flexibility index (Phi) is 8.48. The van der Waals surface area contributed by atoms with E-state index in [1.165, 1.54) is 23.9 Å². The number of rotatable bonds is 10. The van der Waals surface area contributed by atoms with E-state index in [0.29, 0.717) is 12.6 Å². The lowest BCUT2D eigenvalue weighted by Crippen LogP contribution is -2.42. The first-order chi connectivity index (χ1) is 12.7. The second kappa shape index (κ2) is 10.9. The maximum absolute atomic E-state index is 4.75. The van der Waals surface area contributed by atoms with Crippen molar-refractivity contribution in [1.29, 1.82) is 0 Å². The van der Waals surface area contributed by atoms with E-state index < -0.39 is 0 Å². The van der Waals surface area contributed by atoms with Gasteiger partial charge >= 0.3 is 0 Å². The zero-order valence-electron chi connectivity index (χ0n) is 16.8. The van der Waals surface area contributed by atoms with Crippen LogP contribution in [0.1, 0.15) is 46.2 Å². The van der Waals surface area contributed by atoms with Crippen LogP contribution in [0.15, 0.2) is 35.3 Å². The first kappa shape index (κ1) is 20.3. The van der Waals surface area contributed by atoms with Crippen molar-refractivity contribution < 1.29 is 0 Å². The second-order valence-corrected chi connectivity index (χ2v) is 6.79. The van der Waals surface area contributed by atoms with Crippen LogP contribution in [0.25, 0.3) is 10.9 Å². The predicted octanol–water partition coefficient (Wildman–Crippen LogP) is 3.73. The van der Waals surface area contributed by atoms with Gasteiger partial charge in [-0.3, -0.25) is 0 Å². The lowest BCUT2D eigenvalue weighted by Gasteiger charge is -2.21. The number of hydrogen-bond acceptors (Lipinski definition) is 2. The molecule has 0 aliphatic rings. The number of fused-ring (bicyclic) bond motifs is 1. The number of para-hydroxylation sites is 1. The second-order valence-electron chi connectivity index (χ2n) is 6.79. The molecular formula is C21H35N5. The summed E-state index contributed by atoms with van der Waals surface area (Å²) < 4.78 is 0. The van der Waals surface area contributed by atoms with E-state index in [1.807, 2.05) is 0 Å². The molecule has 1 aromatic carbocycles. The van der Waals surface area contributed by atoms with E-state index in [1.54, 1.807) is 0 Å². The van der Waals surface area contributed by atoms with Crippen molar-refractivity contribution in [2.24, 2.45) is 4.99 Å². The molecule has 1 aromatic heterocycles. The number of nitrogens with one attached hydrogen (secondary N) is 3. The maximum atomic E-state index is 4.75. The van der Waals surface area contributed by atoms with Gasteiger partial charge in [0, 0.05) is 23.8 Å². The topological polar surface area (TPSA) is 55.5 Å². The van der Waals surface area contributed by atoms with Crippen LogP contribution in [0.4, 0.5) is 0 Å². The minimum atomic E-state index is 0.408. The highest BCUT2D eigenvalue weighted by molar-refractivity contribution is 5.81. The summed E-state index contributed by atoms with van der Waals surface area (Å²) in [5, 5.41) is 8.13. The molecule has 3 N–H and O–H groups in total. The van der Waals surface area contributed by atoms with E-state index in [2.05, 4.69) is 78.5 Å². The van der Waals surface area contributed by atoms with Crippen molar-refractivity contribution in [3.05, 3.63) is 36.0 Å². The van der Waals surface area contributed by atoms with Crippen LogP contribution in [0.3, 0.4) is 0 Å². The Balaban J connectivity index is 1.87. The zero-order chi connectivity index (χ0) is 18.8. The average molecular weight is 358 g/mol. The molecule has 0 spiro atoms. The summed E-state index contributed by atoms with van der Waals surface area (Å²) in [7, 11) is 0. The molecule has 0 amide bonds. The molecule has 0 aliphatic heterocycles. The average Bonchev–Trinajstić information content (AvgIpc) is 3.06. The molecule has 0 saturated carbocycles. The van der Waals surface area contributed by atoms with Crippen LogP contribution >= 0.6 is 0 Å². The molecule has 1 unspecified atom stereocenters. The third kappa shape index (κ3) is 6.37. The first-order valence-corrected chi connectivity index (χ1v) is 10.00. The van der Waals surface area contributed by atoms with Crippen LogP contribution in [0, 0.1) is 0 Å². The van der Waals surface area contributed by atoms with Crippen LogP contribution in [0.5, 0.6) is 0 Å². The molecule has 2 rings (SSSR count). The molecule has 2 aromatic rings. The normalized spacial score (nSPS) is 13.3. The van der Waals surface area contributed by atoms with E-state index in [-0.39, 0.29) is 0 Å². The van der Waals surface area contributed by atoms with Gasteiger partial charge in [0.05, 0.1) is 6.54 Å². The SMILES string of the molecule is CCNC(=NCc1cc2ccccc2[nH]1)NC(C)CCCN(CC)CC. The minimum Gasteiger partial charge on any atom is -0.357 e. The lowest BCUT2D eigenvalue weighted by molar-refractivity contribution is 0.292. The number of hydrogen-bond donors (Lipinski definition) is 3. The summed E-state index contributed by atoms with van der Waals surface area (Å²) >= 11 is 0. The van der Waals surface area contributed by atoms with Gasteiger partial charge in [0.25, 0.3) is 0 Å². The summed E-state index contributed by atoms with van der Waals surface area (Å²) in [5.41, 5.74) is 2.30. The van der Waals surface area contributed by atoms with Gasteiger partial charge in [-0.1, -0.05) is 32.0 Å². The molecule has 1 heterocycles. The van der Waals surface area contributed by atoms with Crippen molar-refractivity contribution in [3.63, 3.8) is 0 Å². The summed E-state index contributed by atoms with van der Waals surface area (Å²) in [5.74, 6) is 0.890. The number of benzene rings is 1. The van der Waals surface area contributed by atoms with Gasteiger partial charge in [-0.05, 0) is 63.8 Å². The monoisotopic (exact) mass is 357 g/mol. The van der Waals surface area contributed by atoms with E-state index in [4.69, 9.17) is 4.99 Å². The smallest absolute Gasteiger partial charge is 0.191 e. The summed E-state index contributed by atoms with van der Waals surface area (Å²) in [6.07, 6.45) is 2.35. The molecule has 26 heavy (non-hydrogen) atoms. The first-order valence-electron chi connectivity index (χ1n) is 10.00. The molecule has 0 saturated heterocycles. The highest BCUT2D eigenvalue weighted by Gasteiger charge is 2.07. The summed E-state index contributed by atoms with van der Waals surface area (Å²) in [4.78, 5) is 10.7. The molecule has 5 heteroatoms. The van der Waals surface area contributed by atoms with Gasteiger partial charge in [0.2, 0.25) is 0 Å². The Morgan fingerprint density at radius 1 is 1.19 bits per heavy atom. The third-order valence-corrected chi connectivity index (χ3v) is 4.73. The Labute approximate surface area is 158 Å². The Bertz CT molecular complexity index is 639. The van der Waals surface area contributed by atoms with Crippen LogP contribution in [0.2, 0.25) is 0 Å². The number of H-pyrrole nitrogens is 1. The van der Waals surface area contributed by atoms with E-state index >= 15 is 0 Å². The molecule has 5 nitrogen and oxygen atoms in total. The Hall–Kier alpha value is -2.01. The van der Waals surface area contributed by atoms with Crippen molar-refractivity contribution in [2.45, 2.75) is 53.1 Å². The van der Waals surface area contributed by atoms with Crippen LogP contribution in [-0.2, 0) is 6.54 Å². The van der Waals surface area contributed by atoms with Gasteiger partial charge in [0.1, 0.15) is 0 Å². The highest BCUT2D eigenvalue weighted by Crippen LogP contribution is 2.15. The van der Waals surface area contributed by atoms with Gasteiger partial charge in [-0.2, -0.15) is 0 Å². The Morgan fingerprint density at radius 3 is 2.65 bits per heavy atom. The molecule has 144 valence electrons. The van der Waals surface area contributed by atoms with Crippen LogP contribution in [-0.4, -0.2) is 48.1 Å². The van der Waals surface area contributed by atoms with E-state index in [9.17, 15) is 0 Å². The minimum absolute atomic E-state index is 0.408. The quantitative estimate of drug-likeness (QED) is 0.448. The number of nitrogens with zero attached hydrogens (tertiary/aromatic N) is 2. The van der Waals surface area contributed by atoms with Gasteiger partial charge in [-0.15, -0.1) is 0 Å². The largest absolute Gasteiger partial charge is 0.357 e. The van der Waals surface area contributed by atoms with Crippen LogP contribution < -0.4 is 10.6 Å². The highest BCUT2D eigenvalue weighted by atomic mass is 15.2. The molecule has 0 aliphatic carbocycles. The van der Waals surface area contributed by atoms with Crippen molar-refractivity contribution in [3.8, 4) is 0 Å². The molecule has 0 bridgehead atoms. The fourth-order valence-electron chi connectivity index (χ4n) is 3.17. The van der Waals surface area contributed by atoms with Gasteiger partial charge in [-0.25, -0.2) is 4.99 Å². The number of aliphatic imine (C=N–C) groups is 1. The number of aromatic amines is 1. The van der Waals surface area contributed by atoms with E-state index in [0.717, 1.165) is 37.7 Å². The number of aromatic nitrogens is 1. The molecule has 0 fully saturated rings. The van der Waals surface area contributed by atoms with Gasteiger partial charge < -0.3 is 20.5 Å². The third-order valence-electron chi connectivity index (χ3n) is 4.73. The fraction of sp³-hybridized carbons (Fsp3) is 0.571. The zero-order valence-corrected chi connectivity index (χ0v) is 16.8. The Morgan fingerprint density at radius 2 is 1.96 bits per heavy atom. The molecular weight excluding hydrogens is 322 g/mol.